The zero-order chi connectivity index (χ0) is 14.9. The molecule has 0 amide bonds. The lowest BCUT2D eigenvalue weighted by molar-refractivity contribution is 0.260. The standard InChI is InChI=1S/C13H17FN2O2S2/c1-8(9-4-2-5-9)16-20(17,18)11-7-3-6-10(14)12(11)13(15)19/h3,6-9,16H,2,4-5H2,1H3,(H2,15,19). The number of nitrogens with one attached hydrogen (secondary N) is 1. The summed E-state index contributed by atoms with van der Waals surface area (Å²) in [5.41, 5.74) is 5.21. The lowest BCUT2D eigenvalue weighted by atomic mass is 9.81. The van der Waals surface area contributed by atoms with Crippen LogP contribution < -0.4 is 10.5 Å². The maximum atomic E-state index is 13.7. The van der Waals surface area contributed by atoms with E-state index < -0.39 is 15.8 Å². The van der Waals surface area contributed by atoms with Crippen molar-refractivity contribution < 1.29 is 12.8 Å². The van der Waals surface area contributed by atoms with Crippen molar-refractivity contribution in [2.75, 3.05) is 0 Å². The van der Waals surface area contributed by atoms with Crippen LogP contribution in [-0.4, -0.2) is 19.4 Å². The van der Waals surface area contributed by atoms with Gasteiger partial charge < -0.3 is 5.73 Å². The van der Waals surface area contributed by atoms with Crippen LogP contribution in [0.2, 0.25) is 0 Å². The smallest absolute Gasteiger partial charge is 0.241 e. The Bertz CT molecular complexity index is 627. The number of nitrogens with two attached hydrogens (primary N) is 1. The van der Waals surface area contributed by atoms with Crippen molar-refractivity contribution in [1.29, 1.82) is 0 Å². The summed E-state index contributed by atoms with van der Waals surface area (Å²) < 4.78 is 41.1. The zero-order valence-corrected chi connectivity index (χ0v) is 12.7. The van der Waals surface area contributed by atoms with Crippen LogP contribution in [0.4, 0.5) is 4.39 Å². The van der Waals surface area contributed by atoms with E-state index in [-0.39, 0.29) is 21.5 Å². The van der Waals surface area contributed by atoms with Crippen molar-refractivity contribution in [1.82, 2.24) is 4.72 Å². The molecule has 7 heteroatoms. The van der Waals surface area contributed by atoms with Crippen molar-refractivity contribution in [2.24, 2.45) is 11.7 Å². The molecule has 0 heterocycles. The normalized spacial score (nSPS) is 17.5. The molecule has 1 fully saturated rings. The number of sulfonamides is 1. The number of rotatable bonds is 5. The van der Waals surface area contributed by atoms with E-state index in [0.717, 1.165) is 25.3 Å². The third-order valence-corrected chi connectivity index (χ3v) is 5.51. The Balaban J connectivity index is 2.34. The van der Waals surface area contributed by atoms with Crippen LogP contribution in [0.15, 0.2) is 23.1 Å². The van der Waals surface area contributed by atoms with Crippen molar-refractivity contribution >= 4 is 27.2 Å². The summed E-state index contributed by atoms with van der Waals surface area (Å²) in [6.07, 6.45) is 3.14. The fourth-order valence-electron chi connectivity index (χ4n) is 2.31. The molecule has 0 aliphatic heterocycles. The molecule has 0 bridgehead atoms. The molecule has 1 aliphatic carbocycles. The summed E-state index contributed by atoms with van der Waals surface area (Å²) in [6.45, 7) is 1.82. The van der Waals surface area contributed by atoms with E-state index in [0.29, 0.717) is 5.92 Å². The molecule has 1 saturated carbocycles. The summed E-state index contributed by atoms with van der Waals surface area (Å²) in [7, 11) is -3.84. The molecule has 2 rings (SSSR count). The molecule has 4 nitrogen and oxygen atoms in total. The van der Waals surface area contributed by atoms with Crippen LogP contribution >= 0.6 is 12.2 Å². The van der Waals surface area contributed by atoms with Gasteiger partial charge in [0, 0.05) is 6.04 Å². The monoisotopic (exact) mass is 316 g/mol. The van der Waals surface area contributed by atoms with Gasteiger partial charge >= 0.3 is 0 Å². The maximum Gasteiger partial charge on any atom is 0.241 e. The van der Waals surface area contributed by atoms with Gasteiger partial charge in [0.15, 0.2) is 0 Å². The van der Waals surface area contributed by atoms with Gasteiger partial charge in [0.2, 0.25) is 10.0 Å². The Labute approximate surface area is 123 Å². The average Bonchev–Trinajstić information content (AvgIpc) is 2.24. The second-order valence-corrected chi connectivity index (χ2v) is 7.20. The third-order valence-electron chi connectivity index (χ3n) is 3.71. The highest BCUT2D eigenvalue weighted by Crippen LogP contribution is 2.30. The number of halogens is 1. The minimum atomic E-state index is -3.84. The minimum Gasteiger partial charge on any atom is -0.389 e. The van der Waals surface area contributed by atoms with Crippen LogP contribution in [0, 0.1) is 11.7 Å². The molecule has 3 N–H and O–H groups in total. The highest BCUT2D eigenvalue weighted by molar-refractivity contribution is 7.89. The number of benzene rings is 1. The fraction of sp³-hybridized carbons (Fsp3) is 0.462. The van der Waals surface area contributed by atoms with E-state index in [1.54, 1.807) is 0 Å². The third kappa shape index (κ3) is 2.99. The van der Waals surface area contributed by atoms with Crippen LogP contribution in [0.3, 0.4) is 0 Å². The van der Waals surface area contributed by atoms with Gasteiger partial charge in [0.05, 0.1) is 10.5 Å². The maximum absolute atomic E-state index is 13.7. The average molecular weight is 316 g/mol. The largest absolute Gasteiger partial charge is 0.389 e. The van der Waals surface area contributed by atoms with Crippen LogP contribution in [0.25, 0.3) is 0 Å². The van der Waals surface area contributed by atoms with Gasteiger partial charge in [-0.3, -0.25) is 0 Å². The first-order valence-electron chi connectivity index (χ1n) is 6.43. The van der Waals surface area contributed by atoms with Crippen LogP contribution in [0.1, 0.15) is 31.7 Å². The van der Waals surface area contributed by atoms with Gasteiger partial charge in [-0.15, -0.1) is 0 Å². The molecular weight excluding hydrogens is 299 g/mol. The summed E-state index contributed by atoms with van der Waals surface area (Å²) >= 11 is 4.75. The van der Waals surface area contributed by atoms with E-state index in [1.165, 1.54) is 12.1 Å². The van der Waals surface area contributed by atoms with E-state index in [2.05, 4.69) is 4.72 Å². The Kier molecular flexibility index (Phi) is 4.41. The molecule has 1 unspecified atom stereocenters. The molecule has 0 spiro atoms. The van der Waals surface area contributed by atoms with Gasteiger partial charge in [-0.2, -0.15) is 0 Å². The molecule has 110 valence electrons. The van der Waals surface area contributed by atoms with Gasteiger partial charge in [-0.05, 0) is 37.8 Å². The number of thiocarbonyl (C=S) groups is 1. The first-order chi connectivity index (χ1) is 9.33. The molecule has 0 aromatic heterocycles. The lowest BCUT2D eigenvalue weighted by Crippen LogP contribution is -2.41. The summed E-state index contributed by atoms with van der Waals surface area (Å²) in [6, 6.07) is 3.60. The van der Waals surface area contributed by atoms with E-state index >= 15 is 0 Å². The Morgan fingerprint density at radius 3 is 2.65 bits per heavy atom. The van der Waals surface area contributed by atoms with E-state index in [4.69, 9.17) is 18.0 Å². The van der Waals surface area contributed by atoms with E-state index in [9.17, 15) is 12.8 Å². The first kappa shape index (κ1) is 15.3. The van der Waals surface area contributed by atoms with Crippen molar-refractivity contribution in [2.45, 2.75) is 37.1 Å². The number of hydrogen-bond donors (Lipinski definition) is 2. The predicted molar refractivity (Wildman–Crippen MR) is 79.4 cm³/mol. The quantitative estimate of drug-likeness (QED) is 0.814. The second-order valence-electron chi connectivity index (χ2n) is 5.08. The zero-order valence-electron chi connectivity index (χ0n) is 11.1. The molecule has 1 atom stereocenters. The van der Waals surface area contributed by atoms with Crippen LogP contribution in [0.5, 0.6) is 0 Å². The lowest BCUT2D eigenvalue weighted by Gasteiger charge is -2.31. The van der Waals surface area contributed by atoms with Gasteiger partial charge in [-0.1, -0.05) is 24.7 Å². The molecule has 1 aromatic carbocycles. The minimum absolute atomic E-state index is 0.184. The summed E-state index contributed by atoms with van der Waals surface area (Å²) in [4.78, 5) is -0.462. The van der Waals surface area contributed by atoms with Crippen molar-refractivity contribution in [3.63, 3.8) is 0 Å². The van der Waals surface area contributed by atoms with Gasteiger partial charge in [0.1, 0.15) is 10.8 Å². The predicted octanol–water partition coefficient (Wildman–Crippen LogP) is 1.93. The topological polar surface area (TPSA) is 72.2 Å². The number of hydrogen-bond acceptors (Lipinski definition) is 3. The molecule has 0 radical (unpaired) electrons. The molecule has 1 aromatic rings. The highest BCUT2D eigenvalue weighted by atomic mass is 32.2. The highest BCUT2D eigenvalue weighted by Gasteiger charge is 2.30. The fourth-order valence-corrected chi connectivity index (χ4v) is 4.13. The molecule has 1 aliphatic rings. The van der Waals surface area contributed by atoms with Gasteiger partial charge in [-0.25, -0.2) is 17.5 Å². The summed E-state index contributed by atoms with van der Waals surface area (Å²) in [5, 5.41) is 0. The second kappa shape index (κ2) is 5.75. The molecule has 20 heavy (non-hydrogen) atoms. The van der Waals surface area contributed by atoms with E-state index in [1.807, 2.05) is 6.92 Å². The Morgan fingerprint density at radius 1 is 1.50 bits per heavy atom. The van der Waals surface area contributed by atoms with Crippen molar-refractivity contribution in [3.8, 4) is 0 Å². The molecule has 0 saturated heterocycles. The SMILES string of the molecule is CC(NS(=O)(=O)c1cccc(F)c1C(N)=S)C1CCC1. The Morgan fingerprint density at radius 2 is 2.15 bits per heavy atom. The summed E-state index contributed by atoms with van der Waals surface area (Å²) in [5.74, 6) is -0.386. The Hall–Kier alpha value is -1.05. The molecular formula is C13H17FN2O2S2. The van der Waals surface area contributed by atoms with Gasteiger partial charge in [0.25, 0.3) is 0 Å². The van der Waals surface area contributed by atoms with Crippen molar-refractivity contribution in [3.05, 3.63) is 29.6 Å². The first-order valence-corrected chi connectivity index (χ1v) is 8.32. The van der Waals surface area contributed by atoms with Crippen LogP contribution in [-0.2, 0) is 10.0 Å².